The molecule has 0 aromatic carbocycles. The van der Waals surface area contributed by atoms with Crippen molar-refractivity contribution in [3.8, 4) is 0 Å². The molecule has 2 aliphatic rings. The lowest BCUT2D eigenvalue weighted by atomic mass is 10.1. The topological polar surface area (TPSA) is 49.0 Å². The minimum Gasteiger partial charge on any atom is -0.376 e. The molecule has 2 aliphatic heterocycles. The van der Waals surface area contributed by atoms with Crippen LogP contribution in [0.2, 0.25) is 0 Å². The van der Waals surface area contributed by atoms with E-state index < -0.39 is 0 Å². The van der Waals surface area contributed by atoms with E-state index in [2.05, 4.69) is 5.32 Å². The summed E-state index contributed by atoms with van der Waals surface area (Å²) in [6.45, 7) is 4.68. The van der Waals surface area contributed by atoms with Gasteiger partial charge in [0.05, 0.1) is 32.5 Å². The van der Waals surface area contributed by atoms with Crippen LogP contribution in [0.1, 0.15) is 12.8 Å². The molecule has 2 rings (SSSR count). The molecule has 2 saturated heterocycles. The summed E-state index contributed by atoms with van der Waals surface area (Å²) >= 11 is 0. The SMILES string of the molecule is CO[C@@H]1COC[C@@H]1OCCOC1CCNCC1. The normalized spacial score (nSPS) is 30.9. The van der Waals surface area contributed by atoms with Crippen molar-refractivity contribution in [1.82, 2.24) is 5.32 Å². The summed E-state index contributed by atoms with van der Waals surface area (Å²) in [6, 6.07) is 0. The molecule has 0 spiro atoms. The Bertz CT molecular complexity index is 209. The molecule has 0 bridgehead atoms. The Morgan fingerprint density at radius 1 is 1.06 bits per heavy atom. The van der Waals surface area contributed by atoms with Crippen LogP contribution in [0, 0.1) is 0 Å². The molecule has 0 aliphatic carbocycles. The summed E-state index contributed by atoms with van der Waals surface area (Å²) in [5.41, 5.74) is 0. The van der Waals surface area contributed by atoms with Crippen LogP contribution in [0.15, 0.2) is 0 Å². The van der Waals surface area contributed by atoms with Crippen LogP contribution in [0.4, 0.5) is 0 Å². The molecule has 0 radical (unpaired) electrons. The summed E-state index contributed by atoms with van der Waals surface area (Å²) in [5.74, 6) is 0. The highest BCUT2D eigenvalue weighted by Gasteiger charge is 2.28. The molecule has 2 atom stereocenters. The Balaban J connectivity index is 1.53. The fourth-order valence-electron chi connectivity index (χ4n) is 2.27. The van der Waals surface area contributed by atoms with E-state index in [1.54, 1.807) is 7.11 Å². The number of hydrogen-bond donors (Lipinski definition) is 1. The zero-order valence-electron chi connectivity index (χ0n) is 10.5. The number of nitrogens with one attached hydrogen (secondary N) is 1. The van der Waals surface area contributed by atoms with Crippen molar-refractivity contribution in [3.05, 3.63) is 0 Å². The van der Waals surface area contributed by atoms with Gasteiger partial charge in [-0.3, -0.25) is 0 Å². The predicted octanol–water partition coefficient (Wildman–Crippen LogP) is 0.185. The van der Waals surface area contributed by atoms with E-state index in [4.69, 9.17) is 18.9 Å². The molecule has 0 amide bonds. The van der Waals surface area contributed by atoms with E-state index in [0.717, 1.165) is 25.9 Å². The minimum atomic E-state index is 0.0663. The largest absolute Gasteiger partial charge is 0.376 e. The second-order valence-corrected chi connectivity index (χ2v) is 4.54. The molecular weight excluding hydrogens is 222 g/mol. The highest BCUT2D eigenvalue weighted by molar-refractivity contribution is 4.76. The molecule has 5 heteroatoms. The third-order valence-corrected chi connectivity index (χ3v) is 3.34. The molecule has 2 fully saturated rings. The number of ether oxygens (including phenoxy) is 4. The van der Waals surface area contributed by atoms with Crippen LogP contribution in [0.25, 0.3) is 0 Å². The van der Waals surface area contributed by atoms with E-state index >= 15 is 0 Å². The van der Waals surface area contributed by atoms with E-state index in [-0.39, 0.29) is 12.2 Å². The Morgan fingerprint density at radius 3 is 2.53 bits per heavy atom. The third-order valence-electron chi connectivity index (χ3n) is 3.34. The first kappa shape index (κ1) is 13.2. The van der Waals surface area contributed by atoms with Gasteiger partial charge < -0.3 is 24.3 Å². The van der Waals surface area contributed by atoms with Gasteiger partial charge >= 0.3 is 0 Å². The number of methoxy groups -OCH3 is 1. The lowest BCUT2D eigenvalue weighted by molar-refractivity contribution is -0.0621. The van der Waals surface area contributed by atoms with Crippen molar-refractivity contribution in [2.45, 2.75) is 31.2 Å². The van der Waals surface area contributed by atoms with Crippen molar-refractivity contribution in [3.63, 3.8) is 0 Å². The Morgan fingerprint density at radius 2 is 1.76 bits per heavy atom. The maximum Gasteiger partial charge on any atom is 0.109 e. The lowest BCUT2D eigenvalue weighted by Crippen LogP contribution is -2.34. The smallest absolute Gasteiger partial charge is 0.109 e. The van der Waals surface area contributed by atoms with Gasteiger partial charge in [-0.1, -0.05) is 0 Å². The number of hydrogen-bond acceptors (Lipinski definition) is 5. The van der Waals surface area contributed by atoms with Crippen LogP contribution in [0.5, 0.6) is 0 Å². The average Bonchev–Trinajstić information content (AvgIpc) is 2.83. The summed E-state index contributed by atoms with van der Waals surface area (Å²) in [6.07, 6.45) is 2.75. The molecular formula is C12H23NO4. The van der Waals surface area contributed by atoms with Gasteiger partial charge in [0, 0.05) is 7.11 Å². The standard InChI is InChI=1S/C12H23NO4/c1-14-11-8-15-9-12(11)17-7-6-16-10-2-4-13-5-3-10/h10-13H,2-9H2,1H3/t11-,12+/m1/s1. The fourth-order valence-corrected chi connectivity index (χ4v) is 2.27. The number of piperidine rings is 1. The molecule has 17 heavy (non-hydrogen) atoms. The van der Waals surface area contributed by atoms with Crippen molar-refractivity contribution in [2.75, 3.05) is 46.6 Å². The van der Waals surface area contributed by atoms with E-state index in [9.17, 15) is 0 Å². The Labute approximate surface area is 103 Å². The van der Waals surface area contributed by atoms with E-state index in [0.29, 0.717) is 32.5 Å². The molecule has 0 aromatic rings. The first-order valence-electron chi connectivity index (χ1n) is 6.44. The predicted molar refractivity (Wildman–Crippen MR) is 63.2 cm³/mol. The second-order valence-electron chi connectivity index (χ2n) is 4.54. The van der Waals surface area contributed by atoms with Gasteiger partial charge in [0.15, 0.2) is 0 Å². The maximum atomic E-state index is 5.76. The summed E-state index contributed by atoms with van der Waals surface area (Å²) in [7, 11) is 1.70. The Hall–Kier alpha value is -0.200. The van der Waals surface area contributed by atoms with Gasteiger partial charge in [-0.25, -0.2) is 0 Å². The summed E-state index contributed by atoms with van der Waals surface area (Å²) in [4.78, 5) is 0. The third kappa shape index (κ3) is 4.19. The highest BCUT2D eigenvalue weighted by atomic mass is 16.6. The summed E-state index contributed by atoms with van der Waals surface area (Å²) in [5, 5.41) is 3.32. The fraction of sp³-hybridized carbons (Fsp3) is 1.00. The monoisotopic (exact) mass is 245 g/mol. The summed E-state index contributed by atoms with van der Waals surface area (Å²) < 4.78 is 22.1. The Kier molecular flexibility index (Phi) is 5.67. The maximum absolute atomic E-state index is 5.76. The first-order valence-corrected chi connectivity index (χ1v) is 6.44. The quantitative estimate of drug-likeness (QED) is 0.677. The van der Waals surface area contributed by atoms with Crippen molar-refractivity contribution >= 4 is 0 Å². The molecule has 0 saturated carbocycles. The van der Waals surface area contributed by atoms with E-state index in [1.165, 1.54) is 0 Å². The van der Waals surface area contributed by atoms with Gasteiger partial charge in [-0.05, 0) is 25.9 Å². The highest BCUT2D eigenvalue weighted by Crippen LogP contribution is 2.13. The van der Waals surface area contributed by atoms with Crippen LogP contribution >= 0.6 is 0 Å². The second kappa shape index (κ2) is 7.28. The molecule has 100 valence electrons. The van der Waals surface area contributed by atoms with Crippen molar-refractivity contribution in [2.24, 2.45) is 0 Å². The zero-order chi connectivity index (χ0) is 11.9. The molecule has 1 N–H and O–H groups in total. The van der Waals surface area contributed by atoms with E-state index in [1.807, 2.05) is 0 Å². The van der Waals surface area contributed by atoms with Gasteiger partial charge in [-0.2, -0.15) is 0 Å². The number of rotatable bonds is 6. The van der Waals surface area contributed by atoms with Gasteiger partial charge in [0.2, 0.25) is 0 Å². The first-order chi connectivity index (χ1) is 8.40. The zero-order valence-corrected chi connectivity index (χ0v) is 10.5. The van der Waals surface area contributed by atoms with Crippen molar-refractivity contribution in [1.29, 1.82) is 0 Å². The van der Waals surface area contributed by atoms with Crippen molar-refractivity contribution < 1.29 is 18.9 Å². The molecule has 0 unspecified atom stereocenters. The van der Waals surface area contributed by atoms with Crippen LogP contribution in [-0.4, -0.2) is 64.9 Å². The van der Waals surface area contributed by atoms with Gasteiger partial charge in [0.1, 0.15) is 12.2 Å². The van der Waals surface area contributed by atoms with Crippen LogP contribution in [-0.2, 0) is 18.9 Å². The minimum absolute atomic E-state index is 0.0663. The molecule has 2 heterocycles. The van der Waals surface area contributed by atoms with Crippen LogP contribution < -0.4 is 5.32 Å². The molecule has 5 nitrogen and oxygen atoms in total. The molecule has 0 aromatic heterocycles. The average molecular weight is 245 g/mol. The van der Waals surface area contributed by atoms with Gasteiger partial charge in [-0.15, -0.1) is 0 Å². The van der Waals surface area contributed by atoms with Gasteiger partial charge in [0.25, 0.3) is 0 Å². The lowest BCUT2D eigenvalue weighted by Gasteiger charge is -2.23. The van der Waals surface area contributed by atoms with Crippen LogP contribution in [0.3, 0.4) is 0 Å².